The number of pyridine rings is 2. The molecule has 6 heteroatoms. The number of benzene rings is 4. The highest BCUT2D eigenvalue weighted by atomic mass is 16.3. The highest BCUT2D eigenvalue weighted by molar-refractivity contribution is 6.05. The monoisotopic (exact) mass is 589 g/mol. The minimum atomic E-state index is -0.631. The van der Waals surface area contributed by atoms with E-state index in [0.29, 0.717) is 28.9 Å². The molecule has 0 fully saturated rings. The van der Waals surface area contributed by atoms with Gasteiger partial charge in [-0.1, -0.05) is 97.1 Å². The summed E-state index contributed by atoms with van der Waals surface area (Å²) in [6.45, 7) is 0. The molecule has 4 aromatic heterocycles. The van der Waals surface area contributed by atoms with Gasteiger partial charge in [0.15, 0.2) is 17.5 Å². The van der Waals surface area contributed by atoms with Gasteiger partial charge >= 0.3 is 0 Å². The van der Waals surface area contributed by atoms with Gasteiger partial charge in [-0.3, -0.25) is 9.97 Å². The summed E-state index contributed by atoms with van der Waals surface area (Å²) in [5.74, 6) is 2.51. The Morgan fingerprint density at radius 2 is 0.978 bits per heavy atom. The normalized spacial score (nSPS) is 15.5. The quantitative estimate of drug-likeness (QED) is 0.205. The molecule has 1 spiro atoms. The van der Waals surface area contributed by atoms with E-state index in [1.807, 2.05) is 42.5 Å². The Labute approximate surface area is 264 Å². The third-order valence-electron chi connectivity index (χ3n) is 9.27. The fourth-order valence-electron chi connectivity index (χ4n) is 7.49. The topological polar surface area (TPSA) is 77.6 Å². The van der Waals surface area contributed by atoms with Crippen LogP contribution in [0.5, 0.6) is 0 Å². The molecule has 6 nitrogen and oxygen atoms in total. The summed E-state index contributed by atoms with van der Waals surface area (Å²) in [4.78, 5) is 24.1. The maximum absolute atomic E-state index is 6.89. The van der Waals surface area contributed by atoms with Crippen molar-refractivity contribution in [1.82, 2.24) is 24.9 Å². The van der Waals surface area contributed by atoms with Crippen LogP contribution in [0.3, 0.4) is 0 Å². The SMILES string of the molecule is c1ccc(-c2nc(-c3ccccn3)nc(-c3cccc4c3-c3ccccc3C43c4ccccc4-c4c3oc3ccccc43)n2)nc1. The van der Waals surface area contributed by atoms with Gasteiger partial charge in [0, 0.05) is 28.9 Å². The fraction of sp³-hybridized carbons (Fsp3) is 0.0250. The Bertz CT molecular complexity index is 2430. The highest BCUT2D eigenvalue weighted by Crippen LogP contribution is 2.65. The van der Waals surface area contributed by atoms with Gasteiger partial charge in [-0.2, -0.15) is 0 Å². The second-order valence-electron chi connectivity index (χ2n) is 11.6. The van der Waals surface area contributed by atoms with Gasteiger partial charge in [0.2, 0.25) is 0 Å². The maximum atomic E-state index is 6.89. The van der Waals surface area contributed by atoms with Crippen LogP contribution in [-0.2, 0) is 5.41 Å². The van der Waals surface area contributed by atoms with Gasteiger partial charge in [0.1, 0.15) is 28.1 Å². The zero-order valence-corrected chi connectivity index (χ0v) is 24.4. The molecule has 8 aromatic rings. The second-order valence-corrected chi connectivity index (χ2v) is 11.6. The van der Waals surface area contributed by atoms with Gasteiger partial charge < -0.3 is 4.42 Å². The Morgan fingerprint density at radius 3 is 1.65 bits per heavy atom. The van der Waals surface area contributed by atoms with Crippen molar-refractivity contribution in [1.29, 1.82) is 0 Å². The van der Waals surface area contributed by atoms with E-state index in [0.717, 1.165) is 44.5 Å². The molecule has 10 rings (SSSR count). The van der Waals surface area contributed by atoms with E-state index in [1.54, 1.807) is 12.4 Å². The molecule has 0 aliphatic heterocycles. The predicted molar refractivity (Wildman–Crippen MR) is 178 cm³/mol. The van der Waals surface area contributed by atoms with Crippen molar-refractivity contribution in [3.05, 3.63) is 162 Å². The molecule has 2 aliphatic carbocycles. The van der Waals surface area contributed by atoms with Gasteiger partial charge in [-0.15, -0.1) is 0 Å². The van der Waals surface area contributed by atoms with E-state index >= 15 is 0 Å². The zero-order valence-electron chi connectivity index (χ0n) is 24.4. The summed E-state index contributed by atoms with van der Waals surface area (Å²) in [6, 6.07) is 43.7. The van der Waals surface area contributed by atoms with E-state index in [1.165, 1.54) is 16.7 Å². The summed E-state index contributed by atoms with van der Waals surface area (Å²) >= 11 is 0. The van der Waals surface area contributed by atoms with Crippen LogP contribution >= 0.6 is 0 Å². The lowest BCUT2D eigenvalue weighted by atomic mass is 9.73. The van der Waals surface area contributed by atoms with Crippen molar-refractivity contribution >= 4 is 11.0 Å². The summed E-state index contributed by atoms with van der Waals surface area (Å²) < 4.78 is 6.89. The van der Waals surface area contributed by atoms with E-state index in [9.17, 15) is 0 Å². The van der Waals surface area contributed by atoms with E-state index in [4.69, 9.17) is 19.4 Å². The van der Waals surface area contributed by atoms with E-state index in [-0.39, 0.29) is 0 Å². The van der Waals surface area contributed by atoms with Crippen LogP contribution in [0.4, 0.5) is 0 Å². The summed E-state index contributed by atoms with van der Waals surface area (Å²) in [6.07, 6.45) is 3.50. The number of furan rings is 1. The van der Waals surface area contributed by atoms with Crippen molar-refractivity contribution < 1.29 is 4.42 Å². The number of hydrogen-bond acceptors (Lipinski definition) is 6. The summed E-state index contributed by atoms with van der Waals surface area (Å²) in [5, 5.41) is 1.13. The number of aromatic nitrogens is 5. The first-order chi connectivity index (χ1) is 22.8. The highest BCUT2D eigenvalue weighted by Gasteiger charge is 2.55. The van der Waals surface area contributed by atoms with Crippen LogP contribution in [0.25, 0.3) is 67.6 Å². The Morgan fingerprint density at radius 1 is 0.435 bits per heavy atom. The lowest BCUT2D eigenvalue weighted by Crippen LogP contribution is -2.25. The average Bonchev–Trinajstić information content (AvgIpc) is 3.76. The molecule has 0 radical (unpaired) electrons. The van der Waals surface area contributed by atoms with Gasteiger partial charge in [0.25, 0.3) is 0 Å². The minimum absolute atomic E-state index is 0.496. The van der Waals surface area contributed by atoms with Crippen LogP contribution in [0.2, 0.25) is 0 Å². The van der Waals surface area contributed by atoms with Gasteiger partial charge in [-0.05, 0) is 63.7 Å². The van der Waals surface area contributed by atoms with Gasteiger partial charge in [0.05, 0.1) is 0 Å². The standard InChI is InChI=1S/C40H23N5O/c1-4-16-28-24(12-1)34-27(37-43-38(31-19-7-9-22-41-31)45-39(44-37)32-20-8-10-23-42-32)15-11-18-30(34)40(28)29-17-5-2-13-25(29)35-26-14-3-6-21-33(26)46-36(35)40/h1-23H. The first kappa shape index (κ1) is 25.1. The van der Waals surface area contributed by atoms with Crippen molar-refractivity contribution in [2.24, 2.45) is 0 Å². The number of para-hydroxylation sites is 1. The van der Waals surface area contributed by atoms with Crippen LogP contribution in [0, 0.1) is 0 Å². The molecule has 0 bridgehead atoms. The van der Waals surface area contributed by atoms with Crippen molar-refractivity contribution in [2.45, 2.75) is 5.41 Å². The molecular weight excluding hydrogens is 566 g/mol. The predicted octanol–water partition coefficient (Wildman–Crippen LogP) is 8.75. The van der Waals surface area contributed by atoms with Crippen LogP contribution < -0.4 is 0 Å². The van der Waals surface area contributed by atoms with Crippen LogP contribution in [0.15, 0.2) is 144 Å². The third kappa shape index (κ3) is 3.27. The lowest BCUT2D eigenvalue weighted by molar-refractivity contribution is 0.507. The summed E-state index contributed by atoms with van der Waals surface area (Å²) in [5.41, 5.74) is 10.7. The Kier molecular flexibility index (Phi) is 5.11. The fourth-order valence-corrected chi connectivity index (χ4v) is 7.49. The molecule has 2 aliphatic rings. The van der Waals surface area contributed by atoms with Crippen molar-refractivity contribution in [2.75, 3.05) is 0 Å². The number of rotatable bonds is 3. The third-order valence-corrected chi connectivity index (χ3v) is 9.27. The number of fused-ring (bicyclic) bond motifs is 12. The number of nitrogens with zero attached hydrogens (tertiary/aromatic N) is 5. The molecule has 0 amide bonds. The zero-order chi connectivity index (χ0) is 30.2. The molecule has 0 saturated heterocycles. The van der Waals surface area contributed by atoms with Crippen LogP contribution in [0.1, 0.15) is 22.5 Å². The van der Waals surface area contributed by atoms with Crippen molar-refractivity contribution in [3.8, 4) is 56.7 Å². The van der Waals surface area contributed by atoms with Crippen molar-refractivity contribution in [3.63, 3.8) is 0 Å². The minimum Gasteiger partial charge on any atom is -0.459 e. The molecule has 0 saturated carbocycles. The molecule has 1 atom stereocenters. The lowest BCUT2D eigenvalue weighted by Gasteiger charge is -2.28. The first-order valence-corrected chi connectivity index (χ1v) is 15.3. The largest absolute Gasteiger partial charge is 0.459 e. The molecule has 46 heavy (non-hydrogen) atoms. The summed E-state index contributed by atoms with van der Waals surface area (Å²) in [7, 11) is 0. The molecule has 4 heterocycles. The smallest absolute Gasteiger partial charge is 0.182 e. The van der Waals surface area contributed by atoms with E-state index in [2.05, 4.69) is 94.9 Å². The molecule has 1 unspecified atom stereocenters. The second kappa shape index (κ2) is 9.36. The van der Waals surface area contributed by atoms with Gasteiger partial charge in [-0.25, -0.2) is 15.0 Å². The average molecular weight is 590 g/mol. The Balaban J connectivity index is 1.30. The van der Waals surface area contributed by atoms with Crippen LogP contribution in [-0.4, -0.2) is 24.9 Å². The number of hydrogen-bond donors (Lipinski definition) is 0. The molecule has 0 N–H and O–H groups in total. The molecule has 214 valence electrons. The molecule has 4 aromatic carbocycles. The Hall–Kier alpha value is -6.27. The molecular formula is C40H23N5O. The first-order valence-electron chi connectivity index (χ1n) is 15.3. The maximum Gasteiger partial charge on any atom is 0.182 e. The van der Waals surface area contributed by atoms with E-state index < -0.39 is 5.41 Å².